The predicted octanol–water partition coefficient (Wildman–Crippen LogP) is 2.17. The second kappa shape index (κ2) is 8.88. The minimum absolute atomic E-state index is 0.182. The molecule has 0 radical (unpaired) electrons. The van der Waals surface area contributed by atoms with Gasteiger partial charge in [-0.05, 0) is 29.4 Å². The lowest BCUT2D eigenvalue weighted by molar-refractivity contribution is -0.333. The van der Waals surface area contributed by atoms with Gasteiger partial charge in [-0.2, -0.15) is 0 Å². The van der Waals surface area contributed by atoms with Gasteiger partial charge in [0.2, 0.25) is 12.2 Å². The molecule has 1 amide bonds. The first-order valence-electron chi connectivity index (χ1n) is 9.58. The molecule has 0 saturated carbocycles. The van der Waals surface area contributed by atoms with Gasteiger partial charge in [-0.15, -0.1) is 4.91 Å². The van der Waals surface area contributed by atoms with Crippen molar-refractivity contribution >= 4 is 11.6 Å². The van der Waals surface area contributed by atoms with Gasteiger partial charge in [-0.25, -0.2) is 0 Å². The van der Waals surface area contributed by atoms with Crippen LogP contribution in [-0.2, 0) is 19.0 Å². The number of hydrogen-bond donors (Lipinski definition) is 2. The molecule has 4 rings (SSSR count). The Kier molecular flexibility index (Phi) is 6.05. The Bertz CT molecular complexity index is 877. The van der Waals surface area contributed by atoms with Crippen LogP contribution in [0.1, 0.15) is 18.8 Å². The normalized spacial score (nSPS) is 30.7. The maximum Gasteiger partial charge on any atom is 0.223 e. The summed E-state index contributed by atoms with van der Waals surface area (Å²) in [7, 11) is 0. The van der Waals surface area contributed by atoms with Crippen LogP contribution < -0.4 is 10.1 Å². The van der Waals surface area contributed by atoms with Gasteiger partial charge in [0.15, 0.2) is 6.29 Å². The van der Waals surface area contributed by atoms with Crippen LogP contribution in [0.5, 0.6) is 5.75 Å². The molecule has 0 bridgehead atoms. The van der Waals surface area contributed by atoms with E-state index < -0.39 is 36.9 Å². The number of hydrogen-bond acceptors (Lipinski definition) is 8. The molecular formula is C21H22N2O7. The maximum atomic E-state index is 11.7. The second-order valence-electron chi connectivity index (χ2n) is 7.14. The summed E-state index contributed by atoms with van der Waals surface area (Å²) in [4.78, 5) is 22.3. The lowest BCUT2D eigenvalue weighted by Crippen LogP contribution is -2.67. The average molecular weight is 414 g/mol. The maximum absolute atomic E-state index is 11.7. The minimum Gasteiger partial charge on any atom is -0.463 e. The fraction of sp³-hybridized carbons (Fsp3) is 0.381. The van der Waals surface area contributed by atoms with E-state index in [2.05, 4.69) is 10.5 Å². The number of nitroso groups, excluding NO2 is 1. The van der Waals surface area contributed by atoms with E-state index in [9.17, 15) is 14.8 Å². The van der Waals surface area contributed by atoms with Crippen molar-refractivity contribution in [3.63, 3.8) is 0 Å². The van der Waals surface area contributed by atoms with Gasteiger partial charge < -0.3 is 29.4 Å². The van der Waals surface area contributed by atoms with Crippen LogP contribution in [0, 0.1) is 4.91 Å². The van der Waals surface area contributed by atoms with Gasteiger partial charge in [-0.1, -0.05) is 30.3 Å². The molecule has 2 saturated heterocycles. The van der Waals surface area contributed by atoms with Crippen LogP contribution in [0.3, 0.4) is 0 Å². The standard InChI is InChI=1S/C21H22N2O7/c1-12(24)22-17-18(25)19-16(11-27-20(30-19)13-5-3-2-4-6-13)29-21(17)28-15-9-7-14(23-26)8-10-15/h2-10,16-21,25H,11H2,1H3,(H,22,24). The number of benzene rings is 2. The van der Waals surface area contributed by atoms with Crippen LogP contribution in [0.2, 0.25) is 0 Å². The number of nitrogens with zero attached hydrogens (tertiary/aromatic N) is 1. The molecule has 6 unspecified atom stereocenters. The predicted molar refractivity (Wildman–Crippen MR) is 105 cm³/mol. The molecule has 9 nitrogen and oxygen atoms in total. The zero-order valence-electron chi connectivity index (χ0n) is 16.2. The largest absolute Gasteiger partial charge is 0.463 e. The molecule has 6 atom stereocenters. The molecule has 2 heterocycles. The third-order valence-electron chi connectivity index (χ3n) is 5.00. The molecule has 2 aliphatic rings. The highest BCUT2D eigenvalue weighted by Gasteiger charge is 2.50. The van der Waals surface area contributed by atoms with Crippen molar-refractivity contribution in [2.24, 2.45) is 5.18 Å². The molecule has 9 heteroatoms. The first-order valence-corrected chi connectivity index (χ1v) is 9.58. The third kappa shape index (κ3) is 4.34. The molecule has 2 aliphatic heterocycles. The van der Waals surface area contributed by atoms with E-state index in [4.69, 9.17) is 18.9 Å². The van der Waals surface area contributed by atoms with Crippen molar-refractivity contribution in [3.8, 4) is 5.75 Å². The minimum atomic E-state index is -1.09. The first kappa shape index (κ1) is 20.4. The van der Waals surface area contributed by atoms with Gasteiger partial charge in [0.1, 0.15) is 35.8 Å². The zero-order valence-corrected chi connectivity index (χ0v) is 16.2. The molecule has 30 heavy (non-hydrogen) atoms. The molecule has 0 aliphatic carbocycles. The molecule has 0 spiro atoms. The second-order valence-corrected chi connectivity index (χ2v) is 7.14. The van der Waals surface area contributed by atoms with E-state index in [1.165, 1.54) is 19.1 Å². The quantitative estimate of drug-likeness (QED) is 0.721. The summed E-state index contributed by atoms with van der Waals surface area (Å²) in [5, 5.41) is 16.5. The Balaban J connectivity index is 1.52. The number of carbonyl (C=O) groups is 1. The van der Waals surface area contributed by atoms with Crippen molar-refractivity contribution in [1.29, 1.82) is 0 Å². The number of fused-ring (bicyclic) bond motifs is 1. The lowest BCUT2D eigenvalue weighted by Gasteiger charge is -2.47. The Morgan fingerprint density at radius 3 is 2.53 bits per heavy atom. The van der Waals surface area contributed by atoms with E-state index >= 15 is 0 Å². The molecule has 158 valence electrons. The fourth-order valence-electron chi connectivity index (χ4n) is 3.58. The average Bonchev–Trinajstić information content (AvgIpc) is 2.77. The van der Waals surface area contributed by atoms with Crippen molar-refractivity contribution in [2.75, 3.05) is 6.61 Å². The molecular weight excluding hydrogens is 392 g/mol. The van der Waals surface area contributed by atoms with Crippen molar-refractivity contribution < 1.29 is 28.8 Å². The SMILES string of the molecule is CC(=O)NC1C(Oc2ccc(N=O)cc2)OC2COC(c3ccccc3)OC2C1O. The Hall–Kier alpha value is -2.85. The number of aliphatic hydroxyl groups excluding tert-OH is 1. The van der Waals surface area contributed by atoms with E-state index in [-0.39, 0.29) is 18.2 Å². The van der Waals surface area contributed by atoms with Gasteiger partial charge in [0.25, 0.3) is 0 Å². The summed E-state index contributed by atoms with van der Waals surface area (Å²) in [5.74, 6) is 0.0510. The molecule has 2 fully saturated rings. The topological polar surface area (TPSA) is 116 Å². The van der Waals surface area contributed by atoms with Crippen LogP contribution in [0.15, 0.2) is 59.8 Å². The number of carbonyl (C=O) groups excluding carboxylic acids is 1. The monoisotopic (exact) mass is 414 g/mol. The number of nitrogens with one attached hydrogen (secondary N) is 1. The molecule has 0 aromatic heterocycles. The Morgan fingerprint density at radius 2 is 1.87 bits per heavy atom. The zero-order chi connectivity index (χ0) is 21.1. The van der Waals surface area contributed by atoms with Crippen molar-refractivity contribution in [2.45, 2.75) is 43.9 Å². The van der Waals surface area contributed by atoms with E-state index in [0.29, 0.717) is 5.75 Å². The Labute approximate surface area is 172 Å². The third-order valence-corrected chi connectivity index (χ3v) is 5.00. The highest BCUT2D eigenvalue weighted by Crippen LogP contribution is 2.35. The van der Waals surface area contributed by atoms with Gasteiger partial charge >= 0.3 is 0 Å². The molecule has 2 N–H and O–H groups in total. The number of rotatable bonds is 5. The van der Waals surface area contributed by atoms with E-state index in [0.717, 1.165) is 5.56 Å². The van der Waals surface area contributed by atoms with Crippen molar-refractivity contribution in [1.82, 2.24) is 5.32 Å². The van der Waals surface area contributed by atoms with Crippen LogP contribution in [0.25, 0.3) is 0 Å². The fourth-order valence-corrected chi connectivity index (χ4v) is 3.58. The van der Waals surface area contributed by atoms with E-state index in [1.54, 1.807) is 12.1 Å². The highest BCUT2D eigenvalue weighted by molar-refractivity contribution is 5.73. The number of ether oxygens (including phenoxy) is 4. The summed E-state index contributed by atoms with van der Waals surface area (Å²) in [6, 6.07) is 14.6. The van der Waals surface area contributed by atoms with Crippen molar-refractivity contribution in [3.05, 3.63) is 65.1 Å². The van der Waals surface area contributed by atoms with Gasteiger partial charge in [-0.3, -0.25) is 4.79 Å². The van der Waals surface area contributed by atoms with Crippen LogP contribution >= 0.6 is 0 Å². The Morgan fingerprint density at radius 1 is 1.13 bits per heavy atom. The van der Waals surface area contributed by atoms with Gasteiger partial charge in [0.05, 0.1) is 6.61 Å². The van der Waals surface area contributed by atoms with Crippen LogP contribution in [0.4, 0.5) is 5.69 Å². The lowest BCUT2D eigenvalue weighted by atomic mass is 9.95. The summed E-state index contributed by atoms with van der Waals surface area (Å²) in [6.45, 7) is 1.53. The molecule has 2 aromatic rings. The summed E-state index contributed by atoms with van der Waals surface area (Å²) >= 11 is 0. The van der Waals surface area contributed by atoms with Gasteiger partial charge in [0, 0.05) is 12.5 Å². The summed E-state index contributed by atoms with van der Waals surface area (Å²) < 4.78 is 23.6. The smallest absolute Gasteiger partial charge is 0.223 e. The number of amides is 1. The first-order chi connectivity index (χ1) is 14.5. The van der Waals surface area contributed by atoms with E-state index in [1.807, 2.05) is 30.3 Å². The highest BCUT2D eigenvalue weighted by atomic mass is 16.7. The number of aliphatic hydroxyl groups is 1. The summed E-state index contributed by atoms with van der Waals surface area (Å²) in [5.41, 5.74) is 1.08. The van der Waals surface area contributed by atoms with Crippen LogP contribution in [-0.4, -0.2) is 48.3 Å². The summed E-state index contributed by atoms with van der Waals surface area (Å²) in [6.07, 6.45) is -4.04. The molecule has 2 aromatic carbocycles.